The summed E-state index contributed by atoms with van der Waals surface area (Å²) in [6.07, 6.45) is 1.78. The number of allylic oxidation sites excluding steroid dienone is 1. The first-order valence-electron chi connectivity index (χ1n) is 8.67. The van der Waals surface area contributed by atoms with E-state index in [-0.39, 0.29) is 4.90 Å². The lowest BCUT2D eigenvalue weighted by molar-refractivity contribution is -0.926. The fourth-order valence-electron chi connectivity index (χ4n) is 3.16. The molecule has 0 amide bonds. The summed E-state index contributed by atoms with van der Waals surface area (Å²) in [5, 5.41) is 4.49. The summed E-state index contributed by atoms with van der Waals surface area (Å²) in [7, 11) is -3.60. The van der Waals surface area contributed by atoms with Gasteiger partial charge in [0.25, 0.3) is 0 Å². The van der Waals surface area contributed by atoms with Gasteiger partial charge in [0, 0.05) is 6.54 Å². The Morgan fingerprint density at radius 2 is 1.93 bits per heavy atom. The average molecular weight is 413 g/mol. The molecule has 1 fully saturated rings. The summed E-state index contributed by atoms with van der Waals surface area (Å²) in [4.78, 5) is 1.33. The number of halogens is 1. The van der Waals surface area contributed by atoms with Crippen molar-refractivity contribution in [2.75, 3.05) is 26.2 Å². The van der Waals surface area contributed by atoms with Gasteiger partial charge in [-0.1, -0.05) is 6.08 Å². The number of rotatable bonds is 6. The van der Waals surface area contributed by atoms with E-state index in [2.05, 4.69) is 11.7 Å². The number of hydrogen-bond donors (Lipinski definition) is 1. The molecule has 7 nitrogen and oxygen atoms in total. The highest BCUT2D eigenvalue weighted by molar-refractivity contribution is 7.89. The summed E-state index contributed by atoms with van der Waals surface area (Å²) in [6, 6.07) is 4.94. The molecule has 10 heteroatoms. The van der Waals surface area contributed by atoms with Crippen LogP contribution in [0.3, 0.4) is 0 Å². The van der Waals surface area contributed by atoms with Crippen molar-refractivity contribution in [2.24, 2.45) is 0 Å². The van der Waals surface area contributed by atoms with Crippen LogP contribution < -0.4 is 4.90 Å². The predicted octanol–water partition coefficient (Wildman–Crippen LogP) is 0.595. The van der Waals surface area contributed by atoms with Crippen LogP contribution in [-0.2, 0) is 23.2 Å². The molecule has 2 heterocycles. The topological polar surface area (TPSA) is 64.6 Å². The highest BCUT2D eigenvalue weighted by Crippen LogP contribution is 2.16. The maximum atomic E-state index is 13.1. The smallest absolute Gasteiger partial charge is 0.243 e. The van der Waals surface area contributed by atoms with Gasteiger partial charge >= 0.3 is 0 Å². The zero-order valence-electron chi connectivity index (χ0n) is 15.1. The summed E-state index contributed by atoms with van der Waals surface area (Å²) in [5.41, 5.74) is 0. The van der Waals surface area contributed by atoms with Crippen LogP contribution in [0.25, 0.3) is 0 Å². The number of quaternary nitrogens is 1. The fourth-order valence-corrected chi connectivity index (χ4v) is 4.91. The molecule has 27 heavy (non-hydrogen) atoms. The van der Waals surface area contributed by atoms with Crippen LogP contribution in [0.1, 0.15) is 5.82 Å². The van der Waals surface area contributed by atoms with Crippen LogP contribution in [0, 0.1) is 17.5 Å². The van der Waals surface area contributed by atoms with Crippen LogP contribution in [0.4, 0.5) is 4.39 Å². The third kappa shape index (κ3) is 4.18. The van der Waals surface area contributed by atoms with Crippen molar-refractivity contribution in [3.8, 4) is 0 Å². The van der Waals surface area contributed by atoms with Crippen molar-refractivity contribution in [1.29, 1.82) is 0 Å². The molecule has 1 aliphatic rings. The van der Waals surface area contributed by atoms with E-state index in [1.165, 1.54) is 21.3 Å². The second-order valence-electron chi connectivity index (χ2n) is 6.49. The third-order valence-corrected chi connectivity index (χ3v) is 7.02. The van der Waals surface area contributed by atoms with Crippen LogP contribution in [0.15, 0.2) is 41.8 Å². The maximum Gasteiger partial charge on any atom is 0.243 e. The standard InChI is InChI=1S/C17H22FN5O2S2/c1-3-8-22-14(2)19-23(17(22)26)13-20-9-11-21(12-10-20)27(24,25)16-6-4-15(18)5-7-16/h3-7H,1,8-13H2,2H3/p+1. The molecule has 1 aromatic carbocycles. The Kier molecular flexibility index (Phi) is 5.89. The highest BCUT2D eigenvalue weighted by Gasteiger charge is 2.30. The number of sulfonamides is 1. The van der Waals surface area contributed by atoms with Crippen molar-refractivity contribution >= 4 is 22.2 Å². The Bertz CT molecular complexity index is 974. The number of nitrogens with zero attached hydrogens (tertiary/aromatic N) is 4. The van der Waals surface area contributed by atoms with Gasteiger partial charge in [0.1, 0.15) is 11.6 Å². The zero-order chi connectivity index (χ0) is 19.6. The van der Waals surface area contributed by atoms with Gasteiger partial charge in [-0.25, -0.2) is 12.8 Å². The van der Waals surface area contributed by atoms with Gasteiger partial charge < -0.3 is 9.47 Å². The molecule has 2 aromatic rings. The average Bonchev–Trinajstić information content (AvgIpc) is 2.90. The van der Waals surface area contributed by atoms with Crippen molar-refractivity contribution in [2.45, 2.75) is 25.0 Å². The summed E-state index contributed by atoms with van der Waals surface area (Å²) < 4.78 is 44.2. The van der Waals surface area contributed by atoms with E-state index in [1.807, 2.05) is 11.5 Å². The zero-order valence-corrected chi connectivity index (χ0v) is 16.8. The molecular formula is C17H23FN5O2S2+. The van der Waals surface area contributed by atoms with Gasteiger partial charge in [-0.2, -0.15) is 14.1 Å². The summed E-state index contributed by atoms with van der Waals surface area (Å²) in [5.74, 6) is 0.378. The minimum Gasteiger partial charge on any atom is -0.314 e. The van der Waals surface area contributed by atoms with E-state index in [4.69, 9.17) is 12.2 Å². The highest BCUT2D eigenvalue weighted by atomic mass is 32.2. The van der Waals surface area contributed by atoms with Crippen LogP contribution in [0.2, 0.25) is 0 Å². The van der Waals surface area contributed by atoms with Crippen molar-refractivity contribution in [3.63, 3.8) is 0 Å². The number of piperazine rings is 1. The van der Waals surface area contributed by atoms with Crippen LogP contribution >= 0.6 is 12.2 Å². The number of aryl methyl sites for hydroxylation is 1. The monoisotopic (exact) mass is 412 g/mol. The summed E-state index contributed by atoms with van der Waals surface area (Å²) in [6.45, 7) is 8.93. The molecular weight excluding hydrogens is 389 g/mol. The molecule has 0 radical (unpaired) electrons. The number of nitrogens with one attached hydrogen (secondary N) is 1. The Labute approximate surface area is 163 Å². The molecule has 1 saturated heterocycles. The first kappa shape index (κ1) is 19.9. The molecule has 0 unspecified atom stereocenters. The SMILES string of the molecule is C=CCn1c(C)nn(C[NH+]2CCN(S(=O)(=O)c3ccc(F)cc3)CC2)c1=S. The lowest BCUT2D eigenvalue weighted by atomic mass is 10.4. The minimum atomic E-state index is -3.60. The van der Waals surface area contributed by atoms with Gasteiger partial charge in [0.15, 0.2) is 6.67 Å². The quantitative estimate of drug-likeness (QED) is 0.557. The molecule has 0 saturated carbocycles. The molecule has 0 atom stereocenters. The number of aromatic nitrogens is 3. The molecule has 146 valence electrons. The van der Waals surface area contributed by atoms with Gasteiger partial charge in [-0.15, -0.1) is 6.58 Å². The Hall–Kier alpha value is -1.88. The van der Waals surface area contributed by atoms with Gasteiger partial charge in [-0.3, -0.25) is 0 Å². The molecule has 0 bridgehead atoms. The van der Waals surface area contributed by atoms with Crippen molar-refractivity contribution in [1.82, 2.24) is 18.7 Å². The first-order chi connectivity index (χ1) is 12.8. The fraction of sp³-hybridized carbons (Fsp3) is 0.412. The molecule has 1 aromatic heterocycles. The predicted molar refractivity (Wildman–Crippen MR) is 102 cm³/mol. The lowest BCUT2D eigenvalue weighted by Crippen LogP contribution is -3.14. The normalized spacial score (nSPS) is 16.5. The van der Waals surface area contributed by atoms with E-state index in [0.717, 1.165) is 18.0 Å². The van der Waals surface area contributed by atoms with E-state index < -0.39 is 15.8 Å². The van der Waals surface area contributed by atoms with Crippen LogP contribution in [0.5, 0.6) is 0 Å². The molecule has 1 aliphatic heterocycles. The molecule has 3 rings (SSSR count). The van der Waals surface area contributed by atoms with E-state index in [1.54, 1.807) is 10.8 Å². The Morgan fingerprint density at radius 1 is 1.30 bits per heavy atom. The van der Waals surface area contributed by atoms with Crippen LogP contribution in [-0.4, -0.2) is 53.2 Å². The van der Waals surface area contributed by atoms with E-state index in [9.17, 15) is 12.8 Å². The molecule has 0 aliphatic carbocycles. The Balaban J connectivity index is 1.65. The number of hydrogen-bond acceptors (Lipinski definition) is 4. The largest absolute Gasteiger partial charge is 0.314 e. The molecule has 0 spiro atoms. The van der Waals surface area contributed by atoms with Crippen molar-refractivity contribution < 1.29 is 17.7 Å². The maximum absolute atomic E-state index is 13.1. The summed E-state index contributed by atoms with van der Waals surface area (Å²) >= 11 is 5.47. The second-order valence-corrected chi connectivity index (χ2v) is 8.80. The van der Waals surface area contributed by atoms with E-state index >= 15 is 0 Å². The van der Waals surface area contributed by atoms with Gasteiger partial charge in [0.05, 0.1) is 31.1 Å². The minimum absolute atomic E-state index is 0.119. The molecule has 1 N–H and O–H groups in total. The van der Waals surface area contributed by atoms with Gasteiger partial charge in [-0.05, 0) is 43.4 Å². The van der Waals surface area contributed by atoms with Crippen molar-refractivity contribution in [3.05, 3.63) is 53.3 Å². The van der Waals surface area contributed by atoms with E-state index in [0.29, 0.717) is 44.2 Å². The third-order valence-electron chi connectivity index (χ3n) is 4.67. The second kappa shape index (κ2) is 8.01. The van der Waals surface area contributed by atoms with Gasteiger partial charge in [0.2, 0.25) is 14.8 Å². The number of benzene rings is 1. The Morgan fingerprint density at radius 3 is 2.52 bits per heavy atom. The first-order valence-corrected chi connectivity index (χ1v) is 10.5. The lowest BCUT2D eigenvalue weighted by Gasteiger charge is -2.31.